The van der Waals surface area contributed by atoms with E-state index in [9.17, 15) is 5.11 Å². The topological polar surface area (TPSA) is 60.4 Å². The van der Waals surface area contributed by atoms with Gasteiger partial charge in [-0.25, -0.2) is 0 Å². The zero-order valence-corrected chi connectivity index (χ0v) is 18.9. The molecule has 2 heterocycles. The summed E-state index contributed by atoms with van der Waals surface area (Å²) in [7, 11) is 3.38. The summed E-state index contributed by atoms with van der Waals surface area (Å²) in [4.78, 5) is 2.53. The van der Waals surface area contributed by atoms with E-state index in [1.54, 1.807) is 14.2 Å². The van der Waals surface area contributed by atoms with Gasteiger partial charge in [0.2, 0.25) is 0 Å². The highest BCUT2D eigenvalue weighted by Crippen LogP contribution is 2.34. The smallest absolute Gasteiger partial charge is 0.161 e. The van der Waals surface area contributed by atoms with E-state index in [0.717, 1.165) is 76.3 Å². The van der Waals surface area contributed by atoms with Crippen molar-refractivity contribution in [2.75, 3.05) is 40.5 Å². The Labute approximate surface area is 181 Å². The Morgan fingerprint density at radius 1 is 1.13 bits per heavy atom. The maximum absolute atomic E-state index is 9.22. The van der Waals surface area contributed by atoms with Crippen LogP contribution in [0.1, 0.15) is 56.6 Å². The lowest BCUT2D eigenvalue weighted by molar-refractivity contribution is -0.196. The first kappa shape index (κ1) is 23.3. The first-order valence-corrected chi connectivity index (χ1v) is 11.5. The van der Waals surface area contributed by atoms with Crippen LogP contribution in [0.3, 0.4) is 0 Å². The monoisotopic (exact) mass is 421 g/mol. The van der Waals surface area contributed by atoms with Gasteiger partial charge in [0.15, 0.2) is 17.8 Å². The number of aliphatic hydroxyl groups is 1. The highest BCUT2D eigenvalue weighted by Gasteiger charge is 2.27. The molecule has 0 aliphatic carbocycles. The fourth-order valence-corrected chi connectivity index (χ4v) is 4.59. The summed E-state index contributed by atoms with van der Waals surface area (Å²) in [6.07, 6.45) is 7.33. The number of hydrogen-bond acceptors (Lipinski definition) is 6. The van der Waals surface area contributed by atoms with Crippen LogP contribution < -0.4 is 9.47 Å². The number of rotatable bonds is 11. The Morgan fingerprint density at radius 2 is 1.90 bits per heavy atom. The van der Waals surface area contributed by atoms with E-state index in [1.807, 2.05) is 0 Å². The number of fused-ring (bicyclic) bond motifs is 1. The van der Waals surface area contributed by atoms with Crippen LogP contribution in [0, 0.1) is 5.92 Å². The van der Waals surface area contributed by atoms with E-state index in [2.05, 4.69) is 24.0 Å². The van der Waals surface area contributed by atoms with Gasteiger partial charge in [-0.1, -0.05) is 6.42 Å². The highest BCUT2D eigenvalue weighted by molar-refractivity contribution is 5.48. The number of unbranched alkanes of at least 4 members (excludes halogenated alkanes) is 1. The Balaban J connectivity index is 1.63. The predicted octanol–water partition coefficient (Wildman–Crippen LogP) is 3.77. The molecule has 1 saturated heterocycles. The molecular weight excluding hydrogens is 382 g/mol. The van der Waals surface area contributed by atoms with Crippen molar-refractivity contribution in [2.45, 2.75) is 70.8 Å². The normalized spacial score (nSPS) is 21.7. The molecular formula is C24H39NO5. The molecule has 0 saturated carbocycles. The Hall–Kier alpha value is -1.34. The number of aliphatic hydroxyl groups excluding tert-OH is 1. The van der Waals surface area contributed by atoms with Gasteiger partial charge in [0.25, 0.3) is 0 Å². The fraction of sp³-hybridized carbons (Fsp3) is 0.750. The fourth-order valence-electron chi connectivity index (χ4n) is 4.59. The van der Waals surface area contributed by atoms with Crippen LogP contribution in [-0.2, 0) is 22.4 Å². The number of ether oxygens (including phenoxy) is 4. The highest BCUT2D eigenvalue weighted by atomic mass is 16.7. The molecule has 0 bridgehead atoms. The van der Waals surface area contributed by atoms with Gasteiger partial charge in [0.1, 0.15) is 0 Å². The minimum atomic E-state index is -0.0621. The molecule has 6 nitrogen and oxygen atoms in total. The van der Waals surface area contributed by atoms with E-state index in [-0.39, 0.29) is 19.0 Å². The zero-order chi connectivity index (χ0) is 21.3. The van der Waals surface area contributed by atoms with Gasteiger partial charge in [-0.2, -0.15) is 0 Å². The van der Waals surface area contributed by atoms with Crippen molar-refractivity contribution in [3.63, 3.8) is 0 Å². The second-order valence-electron chi connectivity index (χ2n) is 8.58. The molecule has 170 valence electrons. The second-order valence-corrected chi connectivity index (χ2v) is 8.58. The third-order valence-electron chi connectivity index (χ3n) is 6.44. The summed E-state index contributed by atoms with van der Waals surface area (Å²) in [5.41, 5.74) is 2.66. The lowest BCUT2D eigenvalue weighted by Crippen LogP contribution is -2.40. The van der Waals surface area contributed by atoms with Gasteiger partial charge in [-0.15, -0.1) is 0 Å². The van der Waals surface area contributed by atoms with Crippen LogP contribution in [0.25, 0.3) is 0 Å². The lowest BCUT2D eigenvalue weighted by Gasteiger charge is -2.36. The van der Waals surface area contributed by atoms with Gasteiger partial charge >= 0.3 is 0 Å². The van der Waals surface area contributed by atoms with Crippen molar-refractivity contribution in [1.82, 2.24) is 4.90 Å². The Morgan fingerprint density at radius 3 is 2.57 bits per heavy atom. The summed E-state index contributed by atoms with van der Waals surface area (Å²) in [5.74, 6) is 2.02. The standard InChI is InChI=1S/C24H39NO5/c1-18(30-24-9-5-7-13-29-24)20(8-4-6-12-26)16-25-11-10-19-14-22(27-2)23(28-3)15-21(19)17-25/h14-15,18,20,24,26H,4-13,16-17H2,1-3H3/t18-,20?,24?/m1/s1. The van der Waals surface area contributed by atoms with Crippen molar-refractivity contribution in [2.24, 2.45) is 5.92 Å². The van der Waals surface area contributed by atoms with E-state index >= 15 is 0 Å². The number of nitrogens with zero attached hydrogens (tertiary/aromatic N) is 1. The lowest BCUT2D eigenvalue weighted by atomic mass is 9.93. The number of hydrogen-bond donors (Lipinski definition) is 1. The van der Waals surface area contributed by atoms with Crippen molar-refractivity contribution in [3.8, 4) is 11.5 Å². The van der Waals surface area contributed by atoms with Gasteiger partial charge in [0, 0.05) is 32.8 Å². The molecule has 0 radical (unpaired) electrons. The molecule has 0 spiro atoms. The molecule has 6 heteroatoms. The predicted molar refractivity (Wildman–Crippen MR) is 117 cm³/mol. The third-order valence-corrected chi connectivity index (χ3v) is 6.44. The average molecular weight is 422 g/mol. The summed E-state index contributed by atoms with van der Waals surface area (Å²) >= 11 is 0. The first-order chi connectivity index (χ1) is 14.6. The summed E-state index contributed by atoms with van der Waals surface area (Å²) in [6, 6.07) is 4.24. The molecule has 1 fully saturated rings. The van der Waals surface area contributed by atoms with E-state index in [1.165, 1.54) is 17.5 Å². The van der Waals surface area contributed by atoms with Gasteiger partial charge in [0.05, 0.1) is 20.3 Å². The molecule has 2 unspecified atom stereocenters. The molecule has 0 aromatic heterocycles. The summed E-state index contributed by atoms with van der Waals surface area (Å²) in [6.45, 7) is 6.19. The SMILES string of the molecule is COc1cc2c(cc1OC)CN(CC(CCCCO)[C@@H](C)OC1CCCCO1)CC2. The van der Waals surface area contributed by atoms with Crippen LogP contribution in [0.2, 0.25) is 0 Å². The number of methoxy groups -OCH3 is 2. The average Bonchev–Trinajstić information content (AvgIpc) is 2.78. The van der Waals surface area contributed by atoms with Crippen LogP contribution in [0.4, 0.5) is 0 Å². The first-order valence-electron chi connectivity index (χ1n) is 11.5. The molecule has 1 aromatic rings. The van der Waals surface area contributed by atoms with E-state index < -0.39 is 0 Å². The van der Waals surface area contributed by atoms with Crippen LogP contribution >= 0.6 is 0 Å². The van der Waals surface area contributed by atoms with E-state index in [4.69, 9.17) is 18.9 Å². The van der Waals surface area contributed by atoms with Crippen LogP contribution in [0.5, 0.6) is 11.5 Å². The molecule has 1 N–H and O–H groups in total. The quantitative estimate of drug-likeness (QED) is 0.549. The van der Waals surface area contributed by atoms with Gasteiger partial charge in [-0.3, -0.25) is 4.90 Å². The van der Waals surface area contributed by atoms with Crippen LogP contribution in [-0.4, -0.2) is 62.9 Å². The van der Waals surface area contributed by atoms with Crippen LogP contribution in [0.15, 0.2) is 12.1 Å². The van der Waals surface area contributed by atoms with Crippen molar-refractivity contribution >= 4 is 0 Å². The third kappa shape index (κ3) is 6.33. The maximum atomic E-state index is 9.22. The molecule has 0 amide bonds. The molecule has 1 aromatic carbocycles. The minimum Gasteiger partial charge on any atom is -0.493 e. The molecule has 3 rings (SSSR count). The van der Waals surface area contributed by atoms with Crippen molar-refractivity contribution < 1.29 is 24.1 Å². The molecule has 2 aliphatic heterocycles. The van der Waals surface area contributed by atoms with Gasteiger partial charge in [-0.05, 0) is 74.6 Å². The second kappa shape index (κ2) is 11.9. The van der Waals surface area contributed by atoms with Crippen molar-refractivity contribution in [3.05, 3.63) is 23.3 Å². The Kier molecular flexibility index (Phi) is 9.25. The van der Waals surface area contributed by atoms with Crippen molar-refractivity contribution in [1.29, 1.82) is 0 Å². The van der Waals surface area contributed by atoms with Gasteiger partial charge < -0.3 is 24.1 Å². The van der Waals surface area contributed by atoms with E-state index in [0.29, 0.717) is 5.92 Å². The molecule has 2 aliphatic rings. The zero-order valence-electron chi connectivity index (χ0n) is 18.9. The summed E-state index contributed by atoms with van der Waals surface area (Å²) < 4.78 is 23.1. The molecule has 30 heavy (non-hydrogen) atoms. The largest absolute Gasteiger partial charge is 0.493 e. The molecule has 3 atom stereocenters. The Bertz CT molecular complexity index is 647. The number of benzene rings is 1. The summed E-state index contributed by atoms with van der Waals surface area (Å²) in [5, 5.41) is 9.22. The maximum Gasteiger partial charge on any atom is 0.161 e. The minimum absolute atomic E-state index is 0.0621.